The first-order valence-corrected chi connectivity index (χ1v) is 7.49. The van der Waals surface area contributed by atoms with Crippen LogP contribution < -0.4 is 10.0 Å². The maximum absolute atomic E-state index is 12.5. The Hall–Kier alpha value is -2.08. The van der Waals surface area contributed by atoms with Gasteiger partial charge in [0.2, 0.25) is 1.43 Å². The van der Waals surface area contributed by atoms with Gasteiger partial charge in [-0.3, -0.25) is 0 Å². The van der Waals surface area contributed by atoms with Crippen LogP contribution in [0.5, 0.6) is 5.75 Å². The molecule has 0 heterocycles. The smallest absolute Gasteiger partial charge is 0.344 e. The Morgan fingerprint density at radius 1 is 1.61 bits per heavy atom. The minimum Gasteiger partial charge on any atom is -0.482 e. The minimum atomic E-state index is -4.51. The number of benzene rings is 2. The van der Waals surface area contributed by atoms with Crippen molar-refractivity contribution in [2.45, 2.75) is 38.1 Å². The van der Waals surface area contributed by atoms with Crippen LogP contribution in [0.2, 0.25) is 6.43 Å². The normalized spacial score (nSPS) is 41.6. The minimum absolute atomic E-state index is 0.984. The molecule has 1 aliphatic rings. The van der Waals surface area contributed by atoms with Gasteiger partial charge in [0.25, 0.3) is 0 Å². The van der Waals surface area contributed by atoms with Crippen molar-refractivity contribution in [3.8, 4) is 5.75 Å². The number of carbonyl (C=O) groups is 1. The van der Waals surface area contributed by atoms with E-state index in [1.807, 2.05) is 0 Å². The second-order valence-corrected chi connectivity index (χ2v) is 4.99. The molecule has 0 saturated carbocycles. The first kappa shape index (κ1) is 5.54. The fraction of sp³-hybridized carbons (Fsp3) is 0.409. The number of ether oxygens (including phenoxy) is 2. The van der Waals surface area contributed by atoms with Crippen LogP contribution in [0.3, 0.4) is 0 Å². The predicted octanol–water partition coefficient (Wildman–Crippen LogP) is 3.46. The Kier molecular flexibility index (Phi) is 1.96. The Balaban J connectivity index is 2.41. The van der Waals surface area contributed by atoms with Gasteiger partial charge in [-0.2, -0.15) is 0 Å². The molecule has 5 nitrogen and oxygen atoms in total. The van der Waals surface area contributed by atoms with Crippen molar-refractivity contribution in [1.82, 2.24) is 5.31 Å². The first-order valence-electron chi connectivity index (χ1n) is 20.0. The lowest BCUT2D eigenvalue weighted by Crippen LogP contribution is -2.37. The van der Waals surface area contributed by atoms with Gasteiger partial charge in [-0.1, -0.05) is 29.7 Å². The zero-order valence-electron chi connectivity index (χ0n) is 39.5. The fourth-order valence-electron chi connectivity index (χ4n) is 1.71. The average molecular weight is 430 g/mol. The number of esters is 1. The van der Waals surface area contributed by atoms with Crippen molar-refractivity contribution >= 4 is 17.6 Å². The van der Waals surface area contributed by atoms with Gasteiger partial charge in [0.1, 0.15) is 7.16 Å². The van der Waals surface area contributed by atoms with E-state index in [0.29, 0.717) is 0 Å². The standard InChI is InChI=1S/C22H26ClNO4/c1-2-27-22(26)14-28-20-9-7-15-6-8-19(11-17(15)12-20)24-13-21(25)16-4-3-5-18(23)10-16/h3-5,7,9-10,12,19,21,24-25H,2,6,8,11,13-14H2,1H3/t19-,21+/m0/s1/i1D3,2D2,3D,4D,5D,6D2,7D,8D2,9D,10D,11D2,12D,13D2,14D2,19D,21D,25D/hD. The van der Waals surface area contributed by atoms with Gasteiger partial charge in [0.15, 0.2) is 6.56 Å². The molecule has 0 fully saturated rings. The second kappa shape index (κ2) is 9.92. The highest BCUT2D eigenvalue weighted by Gasteiger charge is 2.20. The molecule has 0 spiro atoms. The zero-order valence-corrected chi connectivity index (χ0v) is 14.2. The lowest BCUT2D eigenvalue weighted by molar-refractivity contribution is -0.145. The van der Waals surface area contributed by atoms with Crippen LogP contribution in [0.1, 0.15) is 68.9 Å². The van der Waals surface area contributed by atoms with E-state index in [4.69, 9.17) is 52.1 Å². The molecule has 150 valence electrons. The van der Waals surface area contributed by atoms with E-state index in [0.717, 1.165) is 0 Å². The van der Waals surface area contributed by atoms with E-state index in [9.17, 15) is 4.79 Å². The average Bonchev–Trinajstić information content (AvgIpc) is 3.03. The molecule has 0 saturated heterocycles. The Morgan fingerprint density at radius 3 is 3.39 bits per heavy atom. The van der Waals surface area contributed by atoms with Crippen molar-refractivity contribution in [1.29, 1.82) is 1.43 Å². The van der Waals surface area contributed by atoms with Crippen molar-refractivity contribution in [3.63, 3.8) is 0 Å². The van der Waals surface area contributed by atoms with Gasteiger partial charge in [0, 0.05) is 34.0 Å². The quantitative estimate of drug-likeness (QED) is 0.597. The lowest BCUT2D eigenvalue weighted by Gasteiger charge is -2.27. The van der Waals surface area contributed by atoms with Crippen LogP contribution in [-0.4, -0.2) is 38.1 Å². The molecule has 3 rings (SSSR count). The summed E-state index contributed by atoms with van der Waals surface area (Å²) < 4.78 is 222. The zero-order chi connectivity index (χ0) is 42.7. The molecular weight excluding hydrogens is 378 g/mol. The molecule has 2 aromatic carbocycles. The second-order valence-electron chi connectivity index (χ2n) is 4.62. The Morgan fingerprint density at radius 2 is 2.54 bits per heavy atom. The SMILES string of the molecule is [2H]O[C@@]([2H])(c1c([2H])c([2H])c([2H])c(Cl)c1[2H])C([2H])([2H])N([2H])[C@]1([2H])C([2H])([2H])c2c([2H])c(OC([2H])([2H])C(=O)OC([2H])([2H])C([2H])([2H])[2H])c([2H])c([2H])c2C([2H])([2H])C1([2H])[2H]. The molecular formula is C22H26ClNO4. The fourth-order valence-corrected chi connectivity index (χ4v) is 1.85. The molecule has 2 atom stereocenters. The summed E-state index contributed by atoms with van der Waals surface area (Å²) in [5.74, 6) is -4.10. The largest absolute Gasteiger partial charge is 0.482 e. The van der Waals surface area contributed by atoms with Crippen LogP contribution in [0.4, 0.5) is 0 Å². The topological polar surface area (TPSA) is 67.8 Å². The van der Waals surface area contributed by atoms with Gasteiger partial charge >= 0.3 is 5.97 Å². The van der Waals surface area contributed by atoms with E-state index < -0.39 is 139 Å². The number of hydrogen-bond donors (Lipinski definition) is 2. The van der Waals surface area contributed by atoms with Gasteiger partial charge in [-0.05, 0) is 66.8 Å². The molecule has 0 radical (unpaired) electrons. The molecule has 0 amide bonds. The number of aliphatic hydroxyl groups is 1. The highest BCUT2D eigenvalue weighted by atomic mass is 35.5. The molecule has 1 aliphatic carbocycles. The Labute approximate surface area is 207 Å². The summed E-state index contributed by atoms with van der Waals surface area (Å²) in [6.45, 7) is -16.0. The van der Waals surface area contributed by atoms with Gasteiger partial charge in [-0.25, -0.2) is 4.79 Å². The van der Waals surface area contributed by atoms with Crippen molar-refractivity contribution < 1.29 is 53.7 Å². The van der Waals surface area contributed by atoms with Crippen molar-refractivity contribution in [2.75, 3.05) is 19.6 Å². The third-order valence-electron chi connectivity index (χ3n) is 2.81. The van der Waals surface area contributed by atoms with Crippen LogP contribution in [0, 0.1) is 0 Å². The molecule has 2 aromatic rings. The lowest BCUT2D eigenvalue weighted by atomic mass is 9.88. The summed E-state index contributed by atoms with van der Waals surface area (Å²) in [6.07, 6.45) is -16.7. The van der Waals surface area contributed by atoms with Gasteiger partial charge in [0.05, 0.1) is 29.1 Å². The summed E-state index contributed by atoms with van der Waals surface area (Å²) in [5, 5.41) is 2.11. The number of carbonyl (C=O) groups excluding carboxylic acids is 1. The number of rotatable bonds is 9. The van der Waals surface area contributed by atoms with E-state index in [1.54, 1.807) is 0 Å². The molecule has 0 bridgehead atoms. The summed E-state index contributed by atoms with van der Waals surface area (Å²) >= 11 is 5.86. The van der Waals surface area contributed by atoms with E-state index in [-0.39, 0.29) is 0 Å². The third kappa shape index (κ3) is 5.71. The van der Waals surface area contributed by atoms with Crippen LogP contribution >= 0.6 is 11.6 Å². The summed E-state index contributed by atoms with van der Waals surface area (Å²) in [7, 11) is 0. The summed E-state index contributed by atoms with van der Waals surface area (Å²) in [6, 6.07) is -14.2. The molecule has 28 heavy (non-hydrogen) atoms. The predicted molar refractivity (Wildman–Crippen MR) is 109 cm³/mol. The number of halogens is 1. The number of hydrogen-bond acceptors (Lipinski definition) is 5. The molecule has 6 heteroatoms. The highest BCUT2D eigenvalue weighted by Crippen LogP contribution is 2.26. The molecule has 2 N–H and O–H groups in total. The number of nitrogens with one attached hydrogen (secondary N) is 1. The van der Waals surface area contributed by atoms with Crippen molar-refractivity contribution in [2.24, 2.45) is 0 Å². The number of fused-ring (bicyclic) bond motifs is 1. The van der Waals surface area contributed by atoms with Crippen LogP contribution in [0.15, 0.2) is 42.3 Å². The van der Waals surface area contributed by atoms with Gasteiger partial charge in [-0.15, -0.1) is 0 Å². The maximum Gasteiger partial charge on any atom is 0.344 e. The van der Waals surface area contributed by atoms with E-state index in [2.05, 4.69) is 9.85 Å². The third-order valence-corrected chi connectivity index (χ3v) is 3.00. The summed E-state index contributed by atoms with van der Waals surface area (Å²) in [4.78, 5) is 12.5. The maximum atomic E-state index is 12.5. The highest BCUT2D eigenvalue weighted by molar-refractivity contribution is 6.30. The van der Waals surface area contributed by atoms with E-state index >= 15 is 0 Å². The van der Waals surface area contributed by atoms with Crippen molar-refractivity contribution in [3.05, 3.63) is 64.0 Å². The van der Waals surface area contributed by atoms with Gasteiger partial charge < -0.3 is 19.9 Å². The monoisotopic (exact) mass is 429 g/mol. The molecule has 0 aromatic heterocycles. The molecule has 0 aliphatic heterocycles. The van der Waals surface area contributed by atoms with E-state index in [1.165, 1.54) is 0 Å². The summed E-state index contributed by atoms with van der Waals surface area (Å²) in [5.41, 5.74) is -4.69. The first-order chi connectivity index (χ1) is 23.8. The molecule has 0 unspecified atom stereocenters. The van der Waals surface area contributed by atoms with Crippen LogP contribution in [0.25, 0.3) is 0 Å². The Bertz CT molecular complexity index is 1850. The van der Waals surface area contributed by atoms with Crippen LogP contribution in [-0.2, 0) is 22.3 Å².